The monoisotopic (exact) mass is 242 g/mol. The summed E-state index contributed by atoms with van der Waals surface area (Å²) in [6, 6.07) is -0.0580. The molecule has 17 heavy (non-hydrogen) atoms. The molecule has 1 rings (SSSR count). The van der Waals surface area contributed by atoms with Crippen molar-refractivity contribution in [3.63, 3.8) is 0 Å². The minimum absolute atomic E-state index is 0.0760. The fourth-order valence-corrected chi connectivity index (χ4v) is 2.19. The van der Waals surface area contributed by atoms with Crippen molar-refractivity contribution in [2.75, 3.05) is 0 Å². The minimum atomic E-state index is -0.381. The highest BCUT2D eigenvalue weighted by molar-refractivity contribution is 5.74. The summed E-state index contributed by atoms with van der Waals surface area (Å²) in [5, 5.41) is 15.6. The maximum Gasteiger partial charge on any atom is 0.315 e. The maximum atomic E-state index is 11.8. The summed E-state index contributed by atoms with van der Waals surface area (Å²) >= 11 is 0. The second-order valence-electron chi connectivity index (χ2n) is 5.25. The van der Waals surface area contributed by atoms with Gasteiger partial charge in [0.25, 0.3) is 0 Å². The van der Waals surface area contributed by atoms with Crippen molar-refractivity contribution in [2.45, 2.75) is 71.1 Å². The summed E-state index contributed by atoms with van der Waals surface area (Å²) in [4.78, 5) is 11.8. The molecule has 0 bridgehead atoms. The summed E-state index contributed by atoms with van der Waals surface area (Å²) in [7, 11) is 0. The first kappa shape index (κ1) is 14.3. The third-order valence-electron chi connectivity index (χ3n) is 3.90. The summed E-state index contributed by atoms with van der Waals surface area (Å²) in [5.41, 5.74) is 0. The van der Waals surface area contributed by atoms with Crippen molar-refractivity contribution < 1.29 is 9.90 Å². The van der Waals surface area contributed by atoms with Gasteiger partial charge < -0.3 is 15.7 Å². The topological polar surface area (TPSA) is 61.4 Å². The quantitative estimate of drug-likeness (QED) is 0.706. The normalized spacial score (nSPS) is 28.2. The van der Waals surface area contributed by atoms with E-state index in [9.17, 15) is 9.90 Å². The van der Waals surface area contributed by atoms with Crippen molar-refractivity contribution in [3.8, 4) is 0 Å². The van der Waals surface area contributed by atoms with Crippen LogP contribution in [0.15, 0.2) is 0 Å². The van der Waals surface area contributed by atoms with Gasteiger partial charge in [-0.15, -0.1) is 0 Å². The van der Waals surface area contributed by atoms with E-state index in [0.717, 1.165) is 32.1 Å². The number of rotatable bonds is 4. The Morgan fingerprint density at radius 2 is 2.00 bits per heavy atom. The van der Waals surface area contributed by atoms with Gasteiger partial charge in [0.2, 0.25) is 0 Å². The van der Waals surface area contributed by atoms with E-state index in [4.69, 9.17) is 0 Å². The second-order valence-corrected chi connectivity index (χ2v) is 5.25. The standard InChI is InChI=1S/C13H26N2O2/c1-4-9(2)10(3)14-13(17)15-11-7-5-6-8-12(11)16/h9-12,16H,4-8H2,1-3H3,(H2,14,15,17). The van der Waals surface area contributed by atoms with E-state index in [1.165, 1.54) is 0 Å². The van der Waals surface area contributed by atoms with Crippen molar-refractivity contribution in [3.05, 3.63) is 0 Å². The Labute approximate surface area is 104 Å². The zero-order chi connectivity index (χ0) is 12.8. The Morgan fingerprint density at radius 3 is 2.59 bits per heavy atom. The Balaban J connectivity index is 2.33. The molecule has 3 N–H and O–H groups in total. The Morgan fingerprint density at radius 1 is 1.35 bits per heavy atom. The van der Waals surface area contributed by atoms with Crippen LogP contribution in [0.25, 0.3) is 0 Å². The number of carbonyl (C=O) groups is 1. The molecule has 100 valence electrons. The number of hydrogen-bond donors (Lipinski definition) is 3. The molecule has 0 heterocycles. The lowest BCUT2D eigenvalue weighted by Gasteiger charge is -2.29. The van der Waals surface area contributed by atoms with Crippen LogP contribution in [0.3, 0.4) is 0 Å². The van der Waals surface area contributed by atoms with Gasteiger partial charge in [-0.3, -0.25) is 0 Å². The Bertz CT molecular complexity index is 246. The van der Waals surface area contributed by atoms with Crippen molar-refractivity contribution in [2.24, 2.45) is 5.92 Å². The molecule has 1 fully saturated rings. The van der Waals surface area contributed by atoms with Crippen LogP contribution >= 0.6 is 0 Å². The highest BCUT2D eigenvalue weighted by Crippen LogP contribution is 2.18. The van der Waals surface area contributed by atoms with Crippen LogP contribution in [-0.4, -0.2) is 29.3 Å². The summed E-state index contributed by atoms with van der Waals surface area (Å²) < 4.78 is 0. The highest BCUT2D eigenvalue weighted by Gasteiger charge is 2.25. The predicted molar refractivity (Wildman–Crippen MR) is 68.8 cm³/mol. The fourth-order valence-electron chi connectivity index (χ4n) is 2.19. The van der Waals surface area contributed by atoms with Crippen LogP contribution in [0.2, 0.25) is 0 Å². The first-order chi connectivity index (χ1) is 8.04. The molecule has 4 unspecified atom stereocenters. The number of nitrogens with one attached hydrogen (secondary N) is 2. The van der Waals surface area contributed by atoms with E-state index < -0.39 is 0 Å². The van der Waals surface area contributed by atoms with Gasteiger partial charge in [-0.25, -0.2) is 4.79 Å². The molecule has 4 atom stereocenters. The average molecular weight is 242 g/mol. The lowest BCUT2D eigenvalue weighted by atomic mass is 9.93. The minimum Gasteiger partial charge on any atom is -0.391 e. The van der Waals surface area contributed by atoms with Gasteiger partial charge in [0.1, 0.15) is 0 Å². The number of carbonyl (C=O) groups excluding carboxylic acids is 1. The molecular formula is C13H26N2O2. The van der Waals surface area contributed by atoms with Gasteiger partial charge in [0.05, 0.1) is 12.1 Å². The first-order valence-electron chi connectivity index (χ1n) is 6.79. The van der Waals surface area contributed by atoms with Crippen LogP contribution in [0.1, 0.15) is 52.9 Å². The third kappa shape index (κ3) is 4.54. The molecule has 0 spiro atoms. The third-order valence-corrected chi connectivity index (χ3v) is 3.90. The number of urea groups is 1. The molecule has 4 nitrogen and oxygen atoms in total. The molecule has 2 amide bonds. The van der Waals surface area contributed by atoms with Crippen molar-refractivity contribution in [1.29, 1.82) is 0 Å². The number of amides is 2. The Kier molecular flexibility index (Phi) is 5.75. The maximum absolute atomic E-state index is 11.8. The Hall–Kier alpha value is -0.770. The molecule has 1 aliphatic carbocycles. The summed E-state index contributed by atoms with van der Waals surface area (Å²) in [6.45, 7) is 6.26. The van der Waals surface area contributed by atoms with Crippen LogP contribution in [0.5, 0.6) is 0 Å². The average Bonchev–Trinajstić information content (AvgIpc) is 2.31. The van der Waals surface area contributed by atoms with Crippen molar-refractivity contribution >= 4 is 6.03 Å². The SMILES string of the molecule is CCC(C)C(C)NC(=O)NC1CCCCC1O. The summed E-state index contributed by atoms with van der Waals surface area (Å²) in [6.07, 6.45) is 4.49. The largest absolute Gasteiger partial charge is 0.391 e. The zero-order valence-electron chi connectivity index (χ0n) is 11.2. The number of aliphatic hydroxyl groups excluding tert-OH is 1. The van der Waals surface area contributed by atoms with Gasteiger partial charge in [-0.2, -0.15) is 0 Å². The molecular weight excluding hydrogens is 216 g/mol. The lowest BCUT2D eigenvalue weighted by Crippen LogP contribution is -2.51. The number of aliphatic hydroxyl groups is 1. The van der Waals surface area contributed by atoms with Crippen molar-refractivity contribution in [1.82, 2.24) is 10.6 Å². The van der Waals surface area contributed by atoms with Crippen LogP contribution in [0, 0.1) is 5.92 Å². The molecule has 4 heteroatoms. The first-order valence-corrected chi connectivity index (χ1v) is 6.79. The van der Waals surface area contributed by atoms with Gasteiger partial charge in [-0.05, 0) is 25.7 Å². The molecule has 1 saturated carbocycles. The van der Waals surface area contributed by atoms with Gasteiger partial charge in [0.15, 0.2) is 0 Å². The molecule has 1 aliphatic rings. The number of hydrogen-bond acceptors (Lipinski definition) is 2. The molecule has 0 aromatic carbocycles. The van der Waals surface area contributed by atoms with Gasteiger partial charge >= 0.3 is 6.03 Å². The predicted octanol–water partition coefficient (Wildman–Crippen LogP) is 2.02. The van der Waals surface area contributed by atoms with E-state index in [0.29, 0.717) is 5.92 Å². The van der Waals surface area contributed by atoms with Gasteiger partial charge in [-0.1, -0.05) is 33.1 Å². The summed E-state index contributed by atoms with van der Waals surface area (Å²) in [5.74, 6) is 0.469. The molecule has 0 radical (unpaired) electrons. The van der Waals surface area contributed by atoms with E-state index in [1.54, 1.807) is 0 Å². The fraction of sp³-hybridized carbons (Fsp3) is 0.923. The van der Waals surface area contributed by atoms with Crippen LogP contribution in [-0.2, 0) is 0 Å². The molecule has 0 aromatic heterocycles. The lowest BCUT2D eigenvalue weighted by molar-refractivity contribution is 0.0938. The van der Waals surface area contributed by atoms with E-state index >= 15 is 0 Å². The van der Waals surface area contributed by atoms with E-state index in [2.05, 4.69) is 24.5 Å². The molecule has 0 aliphatic heterocycles. The van der Waals surface area contributed by atoms with Crippen LogP contribution in [0.4, 0.5) is 4.79 Å². The smallest absolute Gasteiger partial charge is 0.315 e. The zero-order valence-corrected chi connectivity index (χ0v) is 11.2. The molecule has 0 aromatic rings. The highest BCUT2D eigenvalue weighted by atomic mass is 16.3. The molecule has 0 saturated heterocycles. The van der Waals surface area contributed by atoms with E-state index in [-0.39, 0.29) is 24.2 Å². The second kappa shape index (κ2) is 6.84. The van der Waals surface area contributed by atoms with Crippen LogP contribution < -0.4 is 10.6 Å². The van der Waals surface area contributed by atoms with E-state index in [1.807, 2.05) is 6.92 Å². The van der Waals surface area contributed by atoms with Gasteiger partial charge in [0, 0.05) is 6.04 Å².